The topological polar surface area (TPSA) is 104 Å². The summed E-state index contributed by atoms with van der Waals surface area (Å²) in [5, 5.41) is 0. The van der Waals surface area contributed by atoms with Gasteiger partial charge in [-0.15, -0.1) is 0 Å². The van der Waals surface area contributed by atoms with Crippen molar-refractivity contribution in [3.8, 4) is 0 Å². The van der Waals surface area contributed by atoms with E-state index in [2.05, 4.69) is 5.73 Å². The van der Waals surface area contributed by atoms with Crippen molar-refractivity contribution in [2.45, 2.75) is 0 Å². The highest BCUT2D eigenvalue weighted by atomic mass is 16.1. The minimum Gasteiger partial charge on any atom is -0.404 e. The van der Waals surface area contributed by atoms with Crippen LogP contribution in [0.15, 0.2) is 12.3 Å². The molecule has 0 aromatic carbocycles. The Morgan fingerprint density at radius 2 is 2.00 bits per heavy atom. The molecular weight excluding hydrogens is 94.1 g/mol. The number of hydrogen-bond acceptors (Lipinski definition) is 3. The molecule has 7 N–H and O–H groups in total. The van der Waals surface area contributed by atoms with E-state index < -0.39 is 5.91 Å². The Morgan fingerprint density at radius 1 is 1.57 bits per heavy atom. The molecule has 4 heteroatoms. The van der Waals surface area contributed by atoms with Crippen LogP contribution in [0.1, 0.15) is 0 Å². The van der Waals surface area contributed by atoms with Gasteiger partial charge in [0.25, 0.3) is 0 Å². The van der Waals surface area contributed by atoms with Gasteiger partial charge >= 0.3 is 0 Å². The molecule has 0 saturated heterocycles. The highest BCUT2D eigenvalue weighted by Gasteiger charge is 1.73. The maximum absolute atomic E-state index is 9.65. The average molecular weight is 103 g/mol. The van der Waals surface area contributed by atoms with Gasteiger partial charge in [-0.2, -0.15) is 0 Å². The van der Waals surface area contributed by atoms with Gasteiger partial charge in [0, 0.05) is 6.08 Å². The number of carbonyl (C=O) groups excluding carboxylic acids is 1. The summed E-state index contributed by atoms with van der Waals surface area (Å²) in [5.74, 6) is -0.516. The standard InChI is InChI=1S/C3H6N2O.H3N/c4-2-1-3(5)6;/h1-2H,4H2,(H2,5,6);1H3. The zero-order valence-electron chi connectivity index (χ0n) is 3.92. The summed E-state index contributed by atoms with van der Waals surface area (Å²) in [7, 11) is 0. The van der Waals surface area contributed by atoms with Gasteiger partial charge in [-0.05, 0) is 6.20 Å². The van der Waals surface area contributed by atoms with Gasteiger partial charge in [0.05, 0.1) is 0 Å². The molecule has 0 aliphatic rings. The summed E-state index contributed by atoms with van der Waals surface area (Å²) < 4.78 is 0. The monoisotopic (exact) mass is 103 g/mol. The molecule has 0 rings (SSSR count). The molecule has 0 aliphatic heterocycles. The first kappa shape index (κ1) is 9.36. The lowest BCUT2D eigenvalue weighted by Crippen LogP contribution is -2.06. The first-order chi connectivity index (χ1) is 2.77. The largest absolute Gasteiger partial charge is 0.404 e. The van der Waals surface area contributed by atoms with Crippen molar-refractivity contribution in [2.24, 2.45) is 11.5 Å². The van der Waals surface area contributed by atoms with Gasteiger partial charge in [-0.25, -0.2) is 0 Å². The van der Waals surface area contributed by atoms with E-state index in [0.717, 1.165) is 12.3 Å². The average Bonchev–Trinajstić information content (AvgIpc) is 1.35. The van der Waals surface area contributed by atoms with E-state index in [1.54, 1.807) is 0 Å². The molecule has 4 nitrogen and oxygen atoms in total. The lowest BCUT2D eigenvalue weighted by Gasteiger charge is -1.70. The predicted molar refractivity (Wildman–Crippen MR) is 27.5 cm³/mol. The second kappa shape index (κ2) is 4.97. The van der Waals surface area contributed by atoms with Crippen molar-refractivity contribution in [1.29, 1.82) is 0 Å². The fraction of sp³-hybridized carbons (Fsp3) is 0. The first-order valence-electron chi connectivity index (χ1n) is 1.45. The minimum atomic E-state index is -0.516. The van der Waals surface area contributed by atoms with Crippen LogP contribution in [0.25, 0.3) is 0 Å². The SMILES string of the molecule is N.NC=CC(N)=O. The summed E-state index contributed by atoms with van der Waals surface area (Å²) >= 11 is 0. The summed E-state index contributed by atoms with van der Waals surface area (Å²) in [4.78, 5) is 9.65. The molecule has 0 bridgehead atoms. The van der Waals surface area contributed by atoms with E-state index in [1.807, 2.05) is 0 Å². The summed E-state index contributed by atoms with van der Waals surface area (Å²) in [6.07, 6.45) is 2.18. The van der Waals surface area contributed by atoms with Crippen LogP contribution in [0, 0.1) is 0 Å². The van der Waals surface area contributed by atoms with Crippen molar-refractivity contribution in [1.82, 2.24) is 6.15 Å². The van der Waals surface area contributed by atoms with Gasteiger partial charge in [-0.1, -0.05) is 0 Å². The lowest BCUT2D eigenvalue weighted by molar-refractivity contribution is -0.113. The molecule has 0 saturated carbocycles. The molecule has 0 spiro atoms. The highest BCUT2D eigenvalue weighted by molar-refractivity contribution is 5.85. The van der Waals surface area contributed by atoms with Crippen molar-refractivity contribution in [3.63, 3.8) is 0 Å². The van der Waals surface area contributed by atoms with Gasteiger partial charge in [-0.3, -0.25) is 4.79 Å². The molecule has 0 aromatic heterocycles. The van der Waals surface area contributed by atoms with Crippen LogP contribution in [-0.4, -0.2) is 5.91 Å². The lowest BCUT2D eigenvalue weighted by atomic mass is 10.6. The Morgan fingerprint density at radius 3 is 2.00 bits per heavy atom. The van der Waals surface area contributed by atoms with Gasteiger partial charge < -0.3 is 17.6 Å². The second-order valence-corrected chi connectivity index (χ2v) is 0.761. The number of rotatable bonds is 1. The minimum absolute atomic E-state index is 0. The predicted octanol–water partition coefficient (Wildman–Crippen LogP) is -0.894. The Labute approximate surface area is 41.8 Å². The zero-order valence-corrected chi connectivity index (χ0v) is 3.92. The van der Waals surface area contributed by atoms with Crippen molar-refractivity contribution >= 4 is 5.91 Å². The van der Waals surface area contributed by atoms with Gasteiger partial charge in [0.15, 0.2) is 0 Å². The number of primary amides is 1. The maximum Gasteiger partial charge on any atom is 0.242 e. The molecule has 0 radical (unpaired) electrons. The van der Waals surface area contributed by atoms with E-state index in [0.29, 0.717) is 0 Å². The van der Waals surface area contributed by atoms with E-state index in [-0.39, 0.29) is 6.15 Å². The number of nitrogens with two attached hydrogens (primary N) is 2. The first-order valence-corrected chi connectivity index (χ1v) is 1.45. The quantitative estimate of drug-likeness (QED) is 0.375. The summed E-state index contributed by atoms with van der Waals surface area (Å²) in [5.41, 5.74) is 9.35. The molecule has 0 atom stereocenters. The summed E-state index contributed by atoms with van der Waals surface area (Å²) in [6, 6.07) is 0. The van der Waals surface area contributed by atoms with Crippen LogP contribution in [0.3, 0.4) is 0 Å². The molecule has 0 aliphatic carbocycles. The highest BCUT2D eigenvalue weighted by Crippen LogP contribution is 1.54. The van der Waals surface area contributed by atoms with Crippen molar-refractivity contribution in [2.75, 3.05) is 0 Å². The zero-order chi connectivity index (χ0) is 4.99. The van der Waals surface area contributed by atoms with Crippen LogP contribution in [-0.2, 0) is 4.79 Å². The van der Waals surface area contributed by atoms with Crippen molar-refractivity contribution in [3.05, 3.63) is 12.3 Å². The van der Waals surface area contributed by atoms with Gasteiger partial charge in [0.2, 0.25) is 5.91 Å². The fourth-order valence-electron chi connectivity index (χ4n) is 0.0948. The van der Waals surface area contributed by atoms with Crippen LogP contribution >= 0.6 is 0 Å². The maximum atomic E-state index is 9.65. The third-order valence-electron chi connectivity index (χ3n) is 0.260. The number of amides is 1. The van der Waals surface area contributed by atoms with Crippen LogP contribution in [0.5, 0.6) is 0 Å². The number of carbonyl (C=O) groups is 1. The summed E-state index contributed by atoms with van der Waals surface area (Å²) in [6.45, 7) is 0. The Kier molecular flexibility index (Phi) is 6.64. The van der Waals surface area contributed by atoms with Gasteiger partial charge in [0.1, 0.15) is 0 Å². The smallest absolute Gasteiger partial charge is 0.242 e. The molecule has 0 aromatic rings. The molecule has 0 fully saturated rings. The van der Waals surface area contributed by atoms with E-state index in [9.17, 15) is 4.79 Å². The normalized spacial score (nSPS) is 8.00. The third-order valence-corrected chi connectivity index (χ3v) is 0.260. The fourth-order valence-corrected chi connectivity index (χ4v) is 0.0948. The molecule has 42 valence electrons. The molecule has 1 amide bonds. The molecular formula is C3H9N3O. The van der Waals surface area contributed by atoms with E-state index >= 15 is 0 Å². The van der Waals surface area contributed by atoms with E-state index in [1.165, 1.54) is 0 Å². The van der Waals surface area contributed by atoms with Crippen LogP contribution < -0.4 is 17.6 Å². The van der Waals surface area contributed by atoms with E-state index in [4.69, 9.17) is 5.73 Å². The Hall–Kier alpha value is -1.03. The molecule has 0 unspecified atom stereocenters. The molecule has 7 heavy (non-hydrogen) atoms. The van der Waals surface area contributed by atoms with Crippen LogP contribution in [0.2, 0.25) is 0 Å². The van der Waals surface area contributed by atoms with Crippen molar-refractivity contribution < 1.29 is 4.79 Å². The Balaban J connectivity index is 0. The Bertz CT molecular complexity index is 78.2. The number of hydrogen-bond donors (Lipinski definition) is 3. The molecule has 0 heterocycles. The third kappa shape index (κ3) is 11.3. The second-order valence-electron chi connectivity index (χ2n) is 0.761. The van der Waals surface area contributed by atoms with Crippen LogP contribution in [0.4, 0.5) is 0 Å².